The molecule has 0 unspecified atom stereocenters. The van der Waals surface area contributed by atoms with Crippen LogP contribution in [0.4, 0.5) is 5.69 Å². The van der Waals surface area contributed by atoms with Crippen LogP contribution in [-0.4, -0.2) is 35.6 Å². The summed E-state index contributed by atoms with van der Waals surface area (Å²) in [4.78, 5) is 2.24. The van der Waals surface area contributed by atoms with Crippen molar-refractivity contribution in [2.45, 2.75) is 6.54 Å². The van der Waals surface area contributed by atoms with Gasteiger partial charge in [-0.25, -0.2) is 0 Å². The molecule has 0 heterocycles. The molecule has 15 heavy (non-hydrogen) atoms. The zero-order valence-corrected chi connectivity index (χ0v) is 10.0. The van der Waals surface area contributed by atoms with Gasteiger partial charge in [0.25, 0.3) is 0 Å². The summed E-state index contributed by atoms with van der Waals surface area (Å²) in [5.41, 5.74) is 7.21. The topological polar surface area (TPSA) is 49.5 Å². The van der Waals surface area contributed by atoms with Gasteiger partial charge in [0.1, 0.15) is 5.75 Å². The third-order valence-corrected chi connectivity index (χ3v) is 2.81. The van der Waals surface area contributed by atoms with Crippen molar-refractivity contribution < 1.29 is 5.11 Å². The number of anilines is 1. The first-order chi connectivity index (χ1) is 7.13. The van der Waals surface area contributed by atoms with E-state index in [-0.39, 0.29) is 5.75 Å². The molecular weight excluding hydrogens is 208 g/mol. The molecule has 0 spiro atoms. The van der Waals surface area contributed by atoms with E-state index < -0.39 is 0 Å². The molecule has 0 aliphatic rings. The lowest BCUT2D eigenvalue weighted by Crippen LogP contribution is -2.20. The first kappa shape index (κ1) is 12.2. The molecule has 4 heteroatoms. The van der Waals surface area contributed by atoms with Gasteiger partial charge < -0.3 is 15.7 Å². The summed E-state index contributed by atoms with van der Waals surface area (Å²) in [7, 11) is 2.08. The van der Waals surface area contributed by atoms with Crippen LogP contribution in [0.1, 0.15) is 5.56 Å². The fourth-order valence-electron chi connectivity index (χ4n) is 1.34. The van der Waals surface area contributed by atoms with Gasteiger partial charge in [-0.3, -0.25) is 0 Å². The number of rotatable bonds is 5. The Balaban J connectivity index is 2.53. The highest BCUT2D eigenvalue weighted by Gasteiger charge is 2.02. The predicted octanol–water partition coefficient (Wildman–Crippen LogP) is 1.77. The van der Waals surface area contributed by atoms with Gasteiger partial charge in [-0.15, -0.1) is 0 Å². The molecule has 3 nitrogen and oxygen atoms in total. The van der Waals surface area contributed by atoms with Gasteiger partial charge in [0, 0.05) is 18.8 Å². The number of phenolic OH excluding ortho intramolecular Hbond substituents is 1. The van der Waals surface area contributed by atoms with Crippen molar-refractivity contribution in [3.8, 4) is 5.75 Å². The van der Waals surface area contributed by atoms with Crippen molar-refractivity contribution >= 4 is 17.4 Å². The quantitative estimate of drug-likeness (QED) is 0.593. The van der Waals surface area contributed by atoms with E-state index in [0.29, 0.717) is 5.69 Å². The lowest BCUT2D eigenvalue weighted by Gasteiger charge is -2.16. The minimum absolute atomic E-state index is 0.158. The number of benzene rings is 1. The molecule has 1 aromatic carbocycles. The van der Waals surface area contributed by atoms with Crippen LogP contribution >= 0.6 is 11.8 Å². The van der Waals surface area contributed by atoms with E-state index in [1.807, 2.05) is 23.9 Å². The van der Waals surface area contributed by atoms with E-state index >= 15 is 0 Å². The van der Waals surface area contributed by atoms with Crippen LogP contribution in [0, 0.1) is 0 Å². The van der Waals surface area contributed by atoms with Crippen molar-refractivity contribution in [1.29, 1.82) is 0 Å². The van der Waals surface area contributed by atoms with Gasteiger partial charge in [-0.05, 0) is 31.0 Å². The van der Waals surface area contributed by atoms with Crippen molar-refractivity contribution in [3.63, 3.8) is 0 Å². The van der Waals surface area contributed by atoms with E-state index in [0.717, 1.165) is 24.4 Å². The summed E-state index contributed by atoms with van der Waals surface area (Å²) in [6, 6.07) is 5.37. The average molecular weight is 226 g/mol. The molecule has 0 atom stereocenters. The smallest absolute Gasteiger partial charge is 0.138 e. The van der Waals surface area contributed by atoms with Crippen molar-refractivity contribution in [1.82, 2.24) is 4.90 Å². The number of hydrogen-bond acceptors (Lipinski definition) is 4. The standard InChI is InChI=1S/C11H18N2OS/c1-13(5-6-15-2)8-9-3-4-11(14)10(12)7-9/h3-4,7,14H,5-6,8,12H2,1-2H3. The summed E-state index contributed by atoms with van der Waals surface area (Å²) in [6.45, 7) is 1.92. The van der Waals surface area contributed by atoms with Crippen LogP contribution < -0.4 is 5.73 Å². The fourth-order valence-corrected chi connectivity index (χ4v) is 1.83. The monoisotopic (exact) mass is 226 g/mol. The zero-order valence-electron chi connectivity index (χ0n) is 9.23. The Morgan fingerprint density at radius 2 is 2.20 bits per heavy atom. The Labute approximate surface area is 95.3 Å². The minimum atomic E-state index is 0.158. The van der Waals surface area contributed by atoms with Gasteiger partial charge in [0.2, 0.25) is 0 Å². The molecule has 0 aliphatic carbocycles. The highest BCUT2D eigenvalue weighted by atomic mass is 32.2. The van der Waals surface area contributed by atoms with Gasteiger partial charge in [-0.2, -0.15) is 11.8 Å². The first-order valence-electron chi connectivity index (χ1n) is 4.88. The van der Waals surface area contributed by atoms with E-state index in [1.165, 1.54) is 0 Å². The molecule has 0 saturated heterocycles. The molecule has 0 bridgehead atoms. The van der Waals surface area contributed by atoms with Crippen molar-refractivity contribution in [2.75, 3.05) is 31.3 Å². The molecule has 0 saturated carbocycles. The lowest BCUT2D eigenvalue weighted by molar-refractivity contribution is 0.348. The number of nitrogen functional groups attached to an aromatic ring is 1. The number of nitrogens with two attached hydrogens (primary N) is 1. The maximum absolute atomic E-state index is 9.28. The number of nitrogens with zero attached hydrogens (tertiary/aromatic N) is 1. The van der Waals surface area contributed by atoms with Crippen molar-refractivity contribution in [3.05, 3.63) is 23.8 Å². The zero-order chi connectivity index (χ0) is 11.3. The predicted molar refractivity (Wildman–Crippen MR) is 67.2 cm³/mol. The Morgan fingerprint density at radius 3 is 2.80 bits per heavy atom. The van der Waals surface area contributed by atoms with Crippen LogP contribution in [0.15, 0.2) is 18.2 Å². The molecule has 84 valence electrons. The maximum Gasteiger partial charge on any atom is 0.138 e. The second-order valence-corrected chi connectivity index (χ2v) is 4.61. The van der Waals surface area contributed by atoms with E-state index in [1.54, 1.807) is 6.07 Å². The maximum atomic E-state index is 9.28. The molecule has 3 N–H and O–H groups in total. The molecule has 0 amide bonds. The van der Waals surface area contributed by atoms with Crippen LogP contribution in [0.2, 0.25) is 0 Å². The summed E-state index contributed by atoms with van der Waals surface area (Å²) in [6.07, 6.45) is 2.10. The Kier molecular flexibility index (Phi) is 4.78. The number of hydrogen-bond donors (Lipinski definition) is 2. The third kappa shape index (κ3) is 4.01. The number of phenols is 1. The number of thioether (sulfide) groups is 1. The summed E-state index contributed by atoms with van der Waals surface area (Å²) in [5.74, 6) is 1.29. The molecule has 1 rings (SSSR count). The Hall–Kier alpha value is -0.870. The van der Waals surface area contributed by atoms with Crippen LogP contribution in [0.25, 0.3) is 0 Å². The van der Waals surface area contributed by atoms with Gasteiger partial charge >= 0.3 is 0 Å². The second-order valence-electron chi connectivity index (χ2n) is 3.62. The molecule has 0 aromatic heterocycles. The Morgan fingerprint density at radius 1 is 1.47 bits per heavy atom. The molecule has 0 radical (unpaired) electrons. The first-order valence-corrected chi connectivity index (χ1v) is 6.27. The average Bonchev–Trinajstić information content (AvgIpc) is 2.20. The van der Waals surface area contributed by atoms with Crippen molar-refractivity contribution in [2.24, 2.45) is 0 Å². The van der Waals surface area contributed by atoms with Crippen LogP contribution in [0.3, 0.4) is 0 Å². The highest BCUT2D eigenvalue weighted by Crippen LogP contribution is 2.20. The molecular formula is C11H18N2OS. The van der Waals surface area contributed by atoms with E-state index in [9.17, 15) is 5.11 Å². The van der Waals surface area contributed by atoms with Gasteiger partial charge in [0.05, 0.1) is 5.69 Å². The fraction of sp³-hybridized carbons (Fsp3) is 0.455. The lowest BCUT2D eigenvalue weighted by atomic mass is 10.2. The normalized spacial score (nSPS) is 10.9. The van der Waals surface area contributed by atoms with Gasteiger partial charge in [0.15, 0.2) is 0 Å². The van der Waals surface area contributed by atoms with E-state index in [2.05, 4.69) is 18.2 Å². The van der Waals surface area contributed by atoms with Crippen LogP contribution in [0.5, 0.6) is 5.75 Å². The third-order valence-electron chi connectivity index (χ3n) is 2.22. The minimum Gasteiger partial charge on any atom is -0.506 e. The summed E-state index contributed by atoms with van der Waals surface area (Å²) in [5, 5.41) is 9.28. The van der Waals surface area contributed by atoms with Crippen LogP contribution in [-0.2, 0) is 6.54 Å². The molecule has 0 aliphatic heterocycles. The second kappa shape index (κ2) is 5.88. The van der Waals surface area contributed by atoms with E-state index in [4.69, 9.17) is 5.73 Å². The Bertz CT molecular complexity index is 317. The SMILES string of the molecule is CSCCN(C)Cc1ccc(O)c(N)c1. The molecule has 1 aromatic rings. The van der Waals surface area contributed by atoms with Gasteiger partial charge in [-0.1, -0.05) is 6.07 Å². The molecule has 0 fully saturated rings. The largest absolute Gasteiger partial charge is 0.506 e. The highest BCUT2D eigenvalue weighted by molar-refractivity contribution is 7.98. The summed E-state index contributed by atoms with van der Waals surface area (Å²) < 4.78 is 0. The summed E-state index contributed by atoms with van der Waals surface area (Å²) >= 11 is 1.84. The number of aromatic hydroxyl groups is 1.